The first kappa shape index (κ1) is 37.7. The predicted octanol–water partition coefficient (Wildman–Crippen LogP) is 3.98. The number of fused-ring (bicyclic) bond motifs is 1. The summed E-state index contributed by atoms with van der Waals surface area (Å²) in [6, 6.07) is 2.64. The molecule has 0 saturated carbocycles. The first-order chi connectivity index (χ1) is 26.2. The number of hydrogen-bond donors (Lipinski definition) is 2. The SMILES string of the molecule is CCc1c(N2CCN(C(=O)c3ncnc(C)c3O)CC2)c(=O)n2nc(C3=CCN(c4nnc(C)s4)CC3)nc2n1CC(=O)Nc1ccc(C(F)(F)F)cc1Cl. The molecule has 0 atom stereocenters. The van der Waals surface area contributed by atoms with Crippen molar-refractivity contribution in [3.05, 3.63) is 79.5 Å². The Kier molecular flexibility index (Phi) is 10.2. The van der Waals surface area contributed by atoms with Crippen LogP contribution in [-0.4, -0.2) is 100 Å². The van der Waals surface area contributed by atoms with Crippen LogP contribution in [0.1, 0.15) is 51.6 Å². The number of hydrogen-bond acceptors (Lipinski definition) is 13. The minimum atomic E-state index is -4.62. The van der Waals surface area contributed by atoms with E-state index in [0.717, 1.165) is 38.4 Å². The lowest BCUT2D eigenvalue weighted by molar-refractivity contribution is -0.137. The van der Waals surface area contributed by atoms with E-state index < -0.39 is 29.1 Å². The Morgan fingerprint density at radius 1 is 1.05 bits per heavy atom. The fraction of sp³-hybridized carbons (Fsp3) is 0.382. The number of aromatic hydroxyl groups is 1. The Morgan fingerprint density at radius 2 is 1.82 bits per heavy atom. The number of halogens is 4. The predicted molar refractivity (Wildman–Crippen MR) is 198 cm³/mol. The second kappa shape index (κ2) is 14.9. The third-order valence-electron chi connectivity index (χ3n) is 9.41. The zero-order valence-electron chi connectivity index (χ0n) is 29.8. The highest BCUT2D eigenvalue weighted by molar-refractivity contribution is 7.15. The van der Waals surface area contributed by atoms with Gasteiger partial charge in [-0.25, -0.2) is 9.97 Å². The molecule has 5 aromatic rings. The number of alkyl halides is 3. The van der Waals surface area contributed by atoms with Crippen molar-refractivity contribution in [1.29, 1.82) is 0 Å². The summed E-state index contributed by atoms with van der Waals surface area (Å²) >= 11 is 7.64. The van der Waals surface area contributed by atoms with Crippen molar-refractivity contribution in [2.24, 2.45) is 0 Å². The number of rotatable bonds is 8. The first-order valence-corrected chi connectivity index (χ1v) is 18.4. The smallest absolute Gasteiger partial charge is 0.416 e. The molecule has 1 aromatic carbocycles. The van der Waals surface area contributed by atoms with Crippen LogP contribution in [0.4, 0.5) is 29.7 Å². The number of benzene rings is 1. The minimum Gasteiger partial charge on any atom is -0.504 e. The Labute approximate surface area is 319 Å². The van der Waals surface area contributed by atoms with Gasteiger partial charge in [0.15, 0.2) is 17.3 Å². The highest BCUT2D eigenvalue weighted by Crippen LogP contribution is 2.34. The summed E-state index contributed by atoms with van der Waals surface area (Å²) in [6.45, 7) is 6.84. The standard InChI is InChI=1S/C34H34ClF3N12O4S/c1-4-24-27(46-11-13-47(14-12-46)30(53)26-28(52)18(2)39-17-40-26)31(54)50-32(42-29(45-50)20-7-9-48(10-8-20)33-44-43-19(3)55-33)49(24)16-25(51)41-23-6-5-21(15-22(23)35)34(36,37)38/h5-7,15,17,52H,4,8-14,16H2,1-3H3,(H,41,51). The van der Waals surface area contributed by atoms with Crippen LogP contribution in [-0.2, 0) is 23.9 Å². The van der Waals surface area contributed by atoms with E-state index in [1.54, 1.807) is 11.5 Å². The van der Waals surface area contributed by atoms with Crippen molar-refractivity contribution in [1.82, 2.24) is 44.2 Å². The summed E-state index contributed by atoms with van der Waals surface area (Å²) in [7, 11) is 0. The minimum absolute atomic E-state index is 0.0228. The van der Waals surface area contributed by atoms with Gasteiger partial charge < -0.3 is 29.7 Å². The highest BCUT2D eigenvalue weighted by atomic mass is 35.5. The van der Waals surface area contributed by atoms with Gasteiger partial charge in [-0.05, 0) is 50.5 Å². The first-order valence-electron chi connectivity index (χ1n) is 17.2. The number of nitrogens with one attached hydrogen (secondary N) is 1. The van der Waals surface area contributed by atoms with Gasteiger partial charge in [-0.3, -0.25) is 14.4 Å². The maximum absolute atomic E-state index is 14.4. The van der Waals surface area contributed by atoms with Gasteiger partial charge in [0.05, 0.1) is 27.7 Å². The van der Waals surface area contributed by atoms with Gasteiger partial charge >= 0.3 is 6.18 Å². The normalized spacial score (nSPS) is 15.1. The molecular formula is C34H34ClF3N12O4S. The average molecular weight is 799 g/mol. The van der Waals surface area contributed by atoms with Crippen LogP contribution in [0.25, 0.3) is 11.4 Å². The Bertz CT molecular complexity index is 2400. The molecule has 55 heavy (non-hydrogen) atoms. The molecule has 0 bridgehead atoms. The molecule has 2 aliphatic rings. The summed E-state index contributed by atoms with van der Waals surface area (Å²) in [5, 5.41) is 27.3. The van der Waals surface area contributed by atoms with E-state index in [4.69, 9.17) is 16.6 Å². The van der Waals surface area contributed by atoms with E-state index in [1.807, 2.05) is 24.8 Å². The van der Waals surface area contributed by atoms with Crippen LogP contribution in [0.3, 0.4) is 0 Å². The van der Waals surface area contributed by atoms with E-state index in [-0.39, 0.29) is 78.5 Å². The lowest BCUT2D eigenvalue weighted by Gasteiger charge is -2.36. The lowest BCUT2D eigenvalue weighted by atomic mass is 10.1. The number of carbonyl (C=O) groups excluding carboxylic acids is 2. The molecule has 2 aliphatic heterocycles. The lowest BCUT2D eigenvalue weighted by Crippen LogP contribution is -2.51. The third-order valence-corrected chi connectivity index (χ3v) is 10.6. The topological polar surface area (TPSA) is 180 Å². The van der Waals surface area contributed by atoms with Crippen molar-refractivity contribution in [2.45, 2.75) is 46.3 Å². The van der Waals surface area contributed by atoms with Crippen molar-refractivity contribution >= 4 is 62.6 Å². The van der Waals surface area contributed by atoms with Gasteiger partial charge in [-0.15, -0.1) is 15.3 Å². The van der Waals surface area contributed by atoms with Crippen LogP contribution in [0, 0.1) is 13.8 Å². The van der Waals surface area contributed by atoms with Gasteiger partial charge in [-0.2, -0.15) is 22.7 Å². The molecule has 0 spiro atoms. The quantitative estimate of drug-likeness (QED) is 0.231. The molecule has 2 N–H and O–H groups in total. The second-order valence-electron chi connectivity index (χ2n) is 12.9. The third kappa shape index (κ3) is 7.42. The molecule has 1 fully saturated rings. The van der Waals surface area contributed by atoms with Crippen LogP contribution >= 0.6 is 22.9 Å². The molecule has 4 aromatic heterocycles. The van der Waals surface area contributed by atoms with E-state index in [1.165, 1.54) is 22.6 Å². The molecule has 288 valence electrons. The summed E-state index contributed by atoms with van der Waals surface area (Å²) in [5.74, 6) is -1.01. The number of anilines is 3. The van der Waals surface area contributed by atoms with Crippen LogP contribution < -0.4 is 20.7 Å². The number of aromatic nitrogens is 8. The van der Waals surface area contributed by atoms with Gasteiger partial charge in [0, 0.05) is 39.3 Å². The van der Waals surface area contributed by atoms with Crippen molar-refractivity contribution < 1.29 is 27.9 Å². The second-order valence-corrected chi connectivity index (χ2v) is 14.5. The van der Waals surface area contributed by atoms with Gasteiger partial charge in [0.1, 0.15) is 23.6 Å². The van der Waals surface area contributed by atoms with Gasteiger partial charge in [0.25, 0.3) is 11.5 Å². The molecule has 0 aliphatic carbocycles. The number of aryl methyl sites for hydroxylation is 2. The molecule has 1 saturated heterocycles. The highest BCUT2D eigenvalue weighted by Gasteiger charge is 2.33. The molecule has 2 amide bonds. The molecular weight excluding hydrogens is 765 g/mol. The summed E-state index contributed by atoms with van der Waals surface area (Å²) < 4.78 is 42.5. The zero-order chi connectivity index (χ0) is 39.2. The van der Waals surface area contributed by atoms with E-state index >= 15 is 0 Å². The van der Waals surface area contributed by atoms with Crippen molar-refractivity contribution in [3.63, 3.8) is 0 Å². The molecule has 21 heteroatoms. The largest absolute Gasteiger partial charge is 0.504 e. The molecule has 7 rings (SSSR count). The van der Waals surface area contributed by atoms with E-state index in [2.05, 4.69) is 35.5 Å². The zero-order valence-corrected chi connectivity index (χ0v) is 31.3. The molecule has 6 heterocycles. The van der Waals surface area contributed by atoms with E-state index in [9.17, 15) is 32.7 Å². The summed E-state index contributed by atoms with van der Waals surface area (Å²) in [6.07, 6.45) is -0.635. The Morgan fingerprint density at radius 3 is 2.45 bits per heavy atom. The van der Waals surface area contributed by atoms with Gasteiger partial charge in [-0.1, -0.05) is 35.9 Å². The molecule has 0 radical (unpaired) electrons. The summed E-state index contributed by atoms with van der Waals surface area (Å²) in [4.78, 5) is 59.4. The Hall–Kier alpha value is -5.63. The number of carbonyl (C=O) groups is 2. The maximum atomic E-state index is 14.4. The number of piperazine rings is 1. The van der Waals surface area contributed by atoms with Gasteiger partial charge in [0.2, 0.25) is 16.8 Å². The van der Waals surface area contributed by atoms with Crippen LogP contribution in [0.5, 0.6) is 5.75 Å². The monoisotopic (exact) mass is 798 g/mol. The van der Waals surface area contributed by atoms with Crippen molar-refractivity contribution in [2.75, 3.05) is 54.4 Å². The fourth-order valence-corrected chi connectivity index (χ4v) is 7.51. The maximum Gasteiger partial charge on any atom is 0.416 e. The van der Waals surface area contributed by atoms with E-state index in [0.29, 0.717) is 31.0 Å². The van der Waals surface area contributed by atoms with Crippen LogP contribution in [0.2, 0.25) is 5.02 Å². The number of nitrogens with zero attached hydrogens (tertiary/aromatic N) is 11. The fourth-order valence-electron chi connectivity index (χ4n) is 6.56. The average Bonchev–Trinajstić information content (AvgIpc) is 3.81. The molecule has 16 nitrogen and oxygen atoms in total. The Balaban J connectivity index is 1.23. The number of amides is 2. The van der Waals surface area contributed by atoms with Crippen molar-refractivity contribution in [3.8, 4) is 5.75 Å². The summed E-state index contributed by atoms with van der Waals surface area (Å²) in [5.41, 5.74) is 0.207. The molecule has 0 unspecified atom stereocenters. The van der Waals surface area contributed by atoms with Crippen LogP contribution in [0.15, 0.2) is 35.4 Å².